The molecule has 548 valence electrons. The minimum Gasteiger partial charge on any atom is -0.462 e. The van der Waals surface area contributed by atoms with Gasteiger partial charge in [0.2, 0.25) is 0 Å². The summed E-state index contributed by atoms with van der Waals surface area (Å²) in [7, 11) is -9.92. The molecule has 3 N–H and O–H groups in total. The Balaban J connectivity index is 5.24. The van der Waals surface area contributed by atoms with Crippen molar-refractivity contribution >= 4 is 39.5 Å². The van der Waals surface area contributed by atoms with Crippen LogP contribution >= 0.6 is 15.6 Å². The van der Waals surface area contributed by atoms with Gasteiger partial charge in [-0.15, -0.1) is 0 Å². The van der Waals surface area contributed by atoms with Crippen LogP contribution in [0.25, 0.3) is 0 Å². The third kappa shape index (κ3) is 66.6. The largest absolute Gasteiger partial charge is 0.472 e. The molecule has 0 bridgehead atoms. The molecule has 0 aromatic heterocycles. The van der Waals surface area contributed by atoms with Gasteiger partial charge in [0.15, 0.2) is 12.2 Å². The maximum absolute atomic E-state index is 13.0. The molecule has 0 aromatic rings. The summed E-state index contributed by atoms with van der Waals surface area (Å²) < 4.78 is 68.3. The molecule has 6 atom stereocenters. The maximum Gasteiger partial charge on any atom is 0.472 e. The van der Waals surface area contributed by atoms with E-state index in [0.29, 0.717) is 37.5 Å². The number of phosphoric ester groups is 2. The Kier molecular flexibility index (Phi) is 62.5. The van der Waals surface area contributed by atoms with Crippen LogP contribution in [0.4, 0.5) is 0 Å². The van der Waals surface area contributed by atoms with Crippen LogP contribution in [0, 0.1) is 17.8 Å². The first-order chi connectivity index (χ1) is 44.8. The monoisotopic (exact) mass is 1360 g/mol. The highest BCUT2D eigenvalue weighted by Gasteiger charge is 2.30. The fraction of sp³-hybridized carbons (Fsp3) is 0.892. The van der Waals surface area contributed by atoms with Gasteiger partial charge >= 0.3 is 39.5 Å². The number of hydrogen-bond donors (Lipinski definition) is 3. The topological polar surface area (TPSA) is 237 Å². The van der Waals surface area contributed by atoms with Crippen molar-refractivity contribution in [2.75, 3.05) is 39.6 Å². The van der Waals surface area contributed by atoms with Gasteiger partial charge in [0.05, 0.1) is 26.4 Å². The molecule has 19 heteroatoms. The van der Waals surface area contributed by atoms with Crippen molar-refractivity contribution in [3.05, 3.63) is 24.3 Å². The molecule has 4 unspecified atom stereocenters. The van der Waals surface area contributed by atoms with E-state index in [9.17, 15) is 43.2 Å². The van der Waals surface area contributed by atoms with Crippen LogP contribution in [0.3, 0.4) is 0 Å². The maximum atomic E-state index is 13.0. The lowest BCUT2D eigenvalue weighted by Crippen LogP contribution is -2.30. The number of ether oxygens (including phenoxy) is 4. The molecular formula is C74H140O17P2. The molecule has 0 rings (SSSR count). The second-order valence-electron chi connectivity index (χ2n) is 27.2. The number of esters is 4. The molecule has 93 heavy (non-hydrogen) atoms. The van der Waals surface area contributed by atoms with Gasteiger partial charge < -0.3 is 33.8 Å². The van der Waals surface area contributed by atoms with Gasteiger partial charge in [0, 0.05) is 25.7 Å². The standard InChI is InChI=1S/C74H140O17P2/c1-8-10-11-12-13-14-15-16-17-21-24-27-34-41-48-55-71(76)84-61-70(91-74(79)58-51-44-37-30-32-39-46-53-66(5)6)64-89-93(82,83)87-60-68(75)59-86-92(80,81)88-63-69(62-85-72(77)56-49-42-36-29-31-38-45-52-65(3)4)90-73(78)57-50-43-35-28-25-22-19-18-20-23-26-33-40-47-54-67(7)9-2/h14-17,65-70,75H,8-13,18-64H2,1-7H3,(H,80,81)(H,82,83)/b15-14-,17-16-/t67?,68?,69-,70-/m1/s1. The van der Waals surface area contributed by atoms with Gasteiger partial charge in [-0.05, 0) is 69.1 Å². The Morgan fingerprint density at radius 3 is 0.957 bits per heavy atom. The van der Waals surface area contributed by atoms with Gasteiger partial charge in [0.25, 0.3) is 0 Å². The zero-order valence-electron chi connectivity index (χ0n) is 60.2. The summed E-state index contributed by atoms with van der Waals surface area (Å²) in [4.78, 5) is 72.6. The predicted molar refractivity (Wildman–Crippen MR) is 377 cm³/mol. The molecular weight excluding hydrogens is 1220 g/mol. The molecule has 0 saturated heterocycles. The lowest BCUT2D eigenvalue weighted by molar-refractivity contribution is -0.161. The van der Waals surface area contributed by atoms with E-state index in [1.807, 2.05) is 0 Å². The number of unbranched alkanes of at least 4 members (excludes halogenated alkanes) is 34. The van der Waals surface area contributed by atoms with Crippen molar-refractivity contribution in [1.29, 1.82) is 0 Å². The Bertz CT molecular complexity index is 1910. The normalized spacial score (nSPS) is 14.6. The Morgan fingerprint density at radius 2 is 0.634 bits per heavy atom. The first-order valence-corrected chi connectivity index (χ1v) is 40.7. The molecule has 0 aliphatic rings. The van der Waals surface area contributed by atoms with Gasteiger partial charge in [-0.25, -0.2) is 9.13 Å². The third-order valence-electron chi connectivity index (χ3n) is 16.9. The van der Waals surface area contributed by atoms with Crippen LogP contribution < -0.4 is 0 Å². The lowest BCUT2D eigenvalue weighted by atomic mass is 9.99. The molecule has 0 spiro atoms. The van der Waals surface area contributed by atoms with E-state index in [-0.39, 0.29) is 25.7 Å². The van der Waals surface area contributed by atoms with E-state index in [2.05, 4.69) is 72.8 Å². The van der Waals surface area contributed by atoms with Crippen molar-refractivity contribution in [3.8, 4) is 0 Å². The average molecular weight is 1360 g/mol. The Labute approximate surface area is 567 Å². The van der Waals surface area contributed by atoms with Gasteiger partial charge in [0.1, 0.15) is 19.3 Å². The Morgan fingerprint density at radius 1 is 0.355 bits per heavy atom. The van der Waals surface area contributed by atoms with Crippen LogP contribution in [0.15, 0.2) is 24.3 Å². The van der Waals surface area contributed by atoms with Crippen LogP contribution in [0.1, 0.15) is 350 Å². The van der Waals surface area contributed by atoms with Gasteiger partial charge in [-0.2, -0.15) is 0 Å². The van der Waals surface area contributed by atoms with E-state index in [1.54, 1.807) is 0 Å². The van der Waals surface area contributed by atoms with Crippen molar-refractivity contribution < 1.29 is 80.2 Å². The smallest absolute Gasteiger partial charge is 0.462 e. The molecule has 0 fully saturated rings. The summed E-state index contributed by atoms with van der Waals surface area (Å²) >= 11 is 0. The fourth-order valence-corrected chi connectivity index (χ4v) is 12.3. The van der Waals surface area contributed by atoms with Crippen LogP contribution in [0.2, 0.25) is 0 Å². The van der Waals surface area contributed by atoms with E-state index in [4.69, 9.17) is 37.0 Å². The lowest BCUT2D eigenvalue weighted by Gasteiger charge is -2.21. The molecule has 0 aliphatic carbocycles. The number of hydrogen-bond acceptors (Lipinski definition) is 15. The minimum atomic E-state index is -4.96. The average Bonchev–Trinajstić information content (AvgIpc) is 2.59. The molecule has 0 aliphatic heterocycles. The molecule has 0 radical (unpaired) electrons. The molecule has 0 aromatic carbocycles. The van der Waals surface area contributed by atoms with Crippen LogP contribution in [0.5, 0.6) is 0 Å². The molecule has 0 amide bonds. The highest BCUT2D eigenvalue weighted by atomic mass is 31.2. The summed E-state index contributed by atoms with van der Waals surface area (Å²) in [6.07, 6.45) is 52.3. The number of aliphatic hydroxyl groups excluding tert-OH is 1. The summed E-state index contributed by atoms with van der Waals surface area (Å²) in [5.74, 6) is 0.0853. The zero-order chi connectivity index (χ0) is 68.7. The van der Waals surface area contributed by atoms with Crippen molar-refractivity contribution in [2.45, 2.75) is 369 Å². The van der Waals surface area contributed by atoms with Gasteiger partial charge in [-0.3, -0.25) is 37.3 Å². The van der Waals surface area contributed by atoms with E-state index in [0.717, 1.165) is 121 Å². The fourth-order valence-electron chi connectivity index (χ4n) is 10.7. The SMILES string of the molecule is CCCCCC/C=C\C=C/CCCCCCCC(=O)OC[C@H](COP(=O)(O)OCC(O)COP(=O)(O)OC[C@@H](COC(=O)CCCCCCCCCC(C)C)OC(=O)CCCCCCCCCCCCCCCCC(C)CC)OC(=O)CCCCCCCCCC(C)C. The number of allylic oxidation sites excluding steroid dienone is 4. The van der Waals surface area contributed by atoms with Crippen molar-refractivity contribution in [3.63, 3.8) is 0 Å². The Hall–Kier alpha value is -2.46. The highest BCUT2D eigenvalue weighted by molar-refractivity contribution is 7.47. The molecule has 0 saturated carbocycles. The summed E-state index contributed by atoms with van der Waals surface area (Å²) in [6, 6.07) is 0. The second-order valence-corrected chi connectivity index (χ2v) is 30.1. The molecule has 17 nitrogen and oxygen atoms in total. The minimum absolute atomic E-state index is 0.0963. The second kappa shape index (κ2) is 64.2. The number of carbonyl (C=O) groups is 4. The molecule has 0 heterocycles. The van der Waals surface area contributed by atoms with E-state index in [1.165, 1.54) is 135 Å². The summed E-state index contributed by atoms with van der Waals surface area (Å²) in [5.41, 5.74) is 0. The zero-order valence-corrected chi connectivity index (χ0v) is 62.0. The van der Waals surface area contributed by atoms with Crippen LogP contribution in [-0.4, -0.2) is 96.7 Å². The third-order valence-corrected chi connectivity index (χ3v) is 18.8. The van der Waals surface area contributed by atoms with E-state index < -0.39 is 97.5 Å². The summed E-state index contributed by atoms with van der Waals surface area (Å²) in [6.45, 7) is 11.7. The predicted octanol–water partition coefficient (Wildman–Crippen LogP) is 21.0. The first-order valence-electron chi connectivity index (χ1n) is 37.7. The first kappa shape index (κ1) is 90.5. The van der Waals surface area contributed by atoms with Crippen LogP contribution in [-0.2, 0) is 65.4 Å². The summed E-state index contributed by atoms with van der Waals surface area (Å²) in [5, 5.41) is 10.6. The quantitative estimate of drug-likeness (QED) is 0.0169. The van der Waals surface area contributed by atoms with Gasteiger partial charge in [-0.1, -0.05) is 297 Å². The van der Waals surface area contributed by atoms with E-state index >= 15 is 0 Å². The highest BCUT2D eigenvalue weighted by Crippen LogP contribution is 2.45. The van der Waals surface area contributed by atoms with Crippen molar-refractivity contribution in [1.82, 2.24) is 0 Å². The number of rotatable bonds is 70. The number of phosphoric acid groups is 2. The van der Waals surface area contributed by atoms with Crippen molar-refractivity contribution in [2.24, 2.45) is 17.8 Å². The number of aliphatic hydroxyl groups is 1. The number of carbonyl (C=O) groups excluding carboxylic acids is 4.